The van der Waals surface area contributed by atoms with Crippen molar-refractivity contribution >= 4 is 28.1 Å². The lowest BCUT2D eigenvalue weighted by Crippen LogP contribution is -2.43. The molecule has 2 aliphatic heterocycles. The molecule has 0 radical (unpaired) electrons. The van der Waals surface area contributed by atoms with E-state index in [-0.39, 0.29) is 28.7 Å². The predicted molar refractivity (Wildman–Crippen MR) is 90.1 cm³/mol. The zero-order chi connectivity index (χ0) is 16.6. The third-order valence-corrected chi connectivity index (χ3v) is 6.53. The second-order valence-corrected chi connectivity index (χ2v) is 7.83. The molecule has 0 saturated carbocycles. The number of halogens is 1. The fourth-order valence-electron chi connectivity index (χ4n) is 3.34. The molecule has 0 aromatic heterocycles. The summed E-state index contributed by atoms with van der Waals surface area (Å²) in [5.41, 5.74) is -0.262. The number of sulfonamides is 1. The Morgan fingerprint density at radius 1 is 1.33 bits per heavy atom. The molecule has 0 amide bonds. The van der Waals surface area contributed by atoms with E-state index in [1.807, 2.05) is 0 Å². The van der Waals surface area contributed by atoms with Gasteiger partial charge in [-0.15, -0.1) is 12.4 Å². The van der Waals surface area contributed by atoms with Gasteiger partial charge in [0.25, 0.3) is 5.69 Å². The second kappa shape index (κ2) is 7.22. The van der Waals surface area contributed by atoms with E-state index in [1.165, 1.54) is 23.5 Å². The average molecular weight is 378 g/mol. The van der Waals surface area contributed by atoms with Crippen LogP contribution in [0.25, 0.3) is 0 Å². The third-order valence-electron chi connectivity index (χ3n) is 4.64. The first-order valence-electron chi connectivity index (χ1n) is 7.47. The monoisotopic (exact) mass is 377 g/mol. The van der Waals surface area contributed by atoms with Crippen LogP contribution >= 0.6 is 12.4 Å². The highest BCUT2D eigenvalue weighted by Crippen LogP contribution is 2.34. The number of fused-ring (bicyclic) bond motifs is 1. The van der Waals surface area contributed by atoms with E-state index in [0.29, 0.717) is 24.9 Å². The second-order valence-electron chi connectivity index (χ2n) is 5.92. The molecular formula is C14H20ClN3O5S. The molecule has 2 unspecified atom stereocenters. The zero-order valence-corrected chi connectivity index (χ0v) is 14.8. The van der Waals surface area contributed by atoms with Gasteiger partial charge in [0.15, 0.2) is 0 Å². The van der Waals surface area contributed by atoms with Crippen LogP contribution in [0.15, 0.2) is 23.1 Å². The number of hydrogen-bond donors (Lipinski definition) is 1. The first kappa shape index (κ1) is 18.9. The van der Waals surface area contributed by atoms with Gasteiger partial charge >= 0.3 is 0 Å². The fraction of sp³-hybridized carbons (Fsp3) is 0.571. The molecule has 2 heterocycles. The summed E-state index contributed by atoms with van der Waals surface area (Å²) in [7, 11) is -2.47. The summed E-state index contributed by atoms with van der Waals surface area (Å²) in [5.74, 6) is 0.930. The molecule has 2 saturated heterocycles. The molecule has 2 atom stereocenters. The van der Waals surface area contributed by atoms with Crippen LogP contribution in [0.2, 0.25) is 0 Å². The number of methoxy groups -OCH3 is 1. The van der Waals surface area contributed by atoms with E-state index in [0.717, 1.165) is 25.6 Å². The minimum atomic E-state index is -3.82. The number of nitrogens with zero attached hydrogens (tertiary/aromatic N) is 2. The first-order chi connectivity index (χ1) is 10.9. The van der Waals surface area contributed by atoms with Crippen LogP contribution in [-0.4, -0.2) is 50.9 Å². The Bertz CT molecular complexity index is 727. The van der Waals surface area contributed by atoms with Crippen LogP contribution in [0.1, 0.15) is 6.42 Å². The summed E-state index contributed by atoms with van der Waals surface area (Å²) in [4.78, 5) is 10.2. The van der Waals surface area contributed by atoms with Crippen molar-refractivity contribution in [1.29, 1.82) is 0 Å². The highest BCUT2D eigenvalue weighted by molar-refractivity contribution is 7.89. The van der Waals surface area contributed by atoms with Crippen molar-refractivity contribution in [3.8, 4) is 5.75 Å². The number of hydrogen-bond acceptors (Lipinski definition) is 6. The molecule has 2 aliphatic rings. The first-order valence-corrected chi connectivity index (χ1v) is 8.91. The predicted octanol–water partition coefficient (Wildman–Crippen LogP) is 1.26. The van der Waals surface area contributed by atoms with E-state index in [4.69, 9.17) is 4.74 Å². The lowest BCUT2D eigenvalue weighted by atomic mass is 9.90. The van der Waals surface area contributed by atoms with Crippen LogP contribution in [0, 0.1) is 22.0 Å². The quantitative estimate of drug-likeness (QED) is 0.626. The van der Waals surface area contributed by atoms with Crippen LogP contribution in [-0.2, 0) is 10.0 Å². The number of nitro benzene ring substituents is 1. The topological polar surface area (TPSA) is 102 Å². The number of nitrogens with one attached hydrogen (secondary N) is 1. The molecule has 10 heteroatoms. The van der Waals surface area contributed by atoms with Crippen LogP contribution in [0.4, 0.5) is 5.69 Å². The van der Waals surface area contributed by atoms with E-state index in [2.05, 4.69) is 5.32 Å². The number of piperidine rings is 1. The number of non-ortho nitro benzene ring substituents is 1. The summed E-state index contributed by atoms with van der Waals surface area (Å²) in [6.07, 6.45) is 0.800. The Morgan fingerprint density at radius 3 is 2.71 bits per heavy atom. The summed E-state index contributed by atoms with van der Waals surface area (Å²) < 4.78 is 32.4. The van der Waals surface area contributed by atoms with Gasteiger partial charge in [0.05, 0.1) is 12.0 Å². The van der Waals surface area contributed by atoms with Crippen molar-refractivity contribution in [2.24, 2.45) is 11.8 Å². The van der Waals surface area contributed by atoms with Crippen LogP contribution in [0.3, 0.4) is 0 Å². The van der Waals surface area contributed by atoms with Gasteiger partial charge < -0.3 is 10.1 Å². The normalized spacial score (nSPS) is 24.0. The Labute approximate surface area is 146 Å². The van der Waals surface area contributed by atoms with Gasteiger partial charge in [-0.05, 0) is 37.4 Å². The van der Waals surface area contributed by atoms with Crippen molar-refractivity contribution in [2.75, 3.05) is 33.3 Å². The minimum Gasteiger partial charge on any atom is -0.495 e. The fourth-order valence-corrected chi connectivity index (χ4v) is 5.03. The Hall–Kier alpha value is -1.42. The van der Waals surface area contributed by atoms with Gasteiger partial charge in [0.2, 0.25) is 10.0 Å². The van der Waals surface area contributed by atoms with E-state index < -0.39 is 14.9 Å². The van der Waals surface area contributed by atoms with Crippen molar-refractivity contribution in [3.63, 3.8) is 0 Å². The standard InChI is InChI=1S/C14H19N3O5S.ClH/c1-22-13-3-2-12(17(18)19)6-14(13)23(20,21)16-5-4-10-7-15-8-11(10)9-16;/h2-3,6,10-11,15H,4-5,7-9H2,1H3;1H. The SMILES string of the molecule is COc1ccc([N+](=O)[O-])cc1S(=O)(=O)N1CCC2CNCC2C1.Cl. The zero-order valence-electron chi connectivity index (χ0n) is 13.2. The molecule has 24 heavy (non-hydrogen) atoms. The van der Waals surface area contributed by atoms with Gasteiger partial charge in [0.1, 0.15) is 10.6 Å². The number of benzene rings is 1. The molecule has 1 aromatic carbocycles. The lowest BCUT2D eigenvalue weighted by Gasteiger charge is -2.33. The Balaban J connectivity index is 0.00000208. The highest BCUT2D eigenvalue weighted by atomic mass is 35.5. The molecular weight excluding hydrogens is 358 g/mol. The molecule has 1 N–H and O–H groups in total. The molecule has 2 fully saturated rings. The third kappa shape index (κ3) is 3.34. The summed E-state index contributed by atoms with van der Waals surface area (Å²) in [5, 5.41) is 14.2. The van der Waals surface area contributed by atoms with Crippen molar-refractivity contribution in [2.45, 2.75) is 11.3 Å². The summed E-state index contributed by atoms with van der Waals surface area (Å²) in [6.45, 7) is 2.60. The average Bonchev–Trinajstić information content (AvgIpc) is 3.01. The van der Waals surface area contributed by atoms with Gasteiger partial charge in [-0.2, -0.15) is 4.31 Å². The van der Waals surface area contributed by atoms with Gasteiger partial charge in [-0.25, -0.2) is 8.42 Å². The Morgan fingerprint density at radius 2 is 2.04 bits per heavy atom. The highest BCUT2D eigenvalue weighted by Gasteiger charge is 2.39. The summed E-state index contributed by atoms with van der Waals surface area (Å²) in [6, 6.07) is 3.65. The van der Waals surface area contributed by atoms with Crippen molar-refractivity contribution in [1.82, 2.24) is 9.62 Å². The maximum atomic E-state index is 12.9. The molecule has 3 rings (SSSR count). The molecule has 0 aliphatic carbocycles. The number of rotatable bonds is 4. The van der Waals surface area contributed by atoms with Gasteiger partial charge in [-0.1, -0.05) is 0 Å². The van der Waals surface area contributed by atoms with Gasteiger partial charge in [0, 0.05) is 25.2 Å². The molecule has 8 nitrogen and oxygen atoms in total. The van der Waals surface area contributed by atoms with Crippen LogP contribution in [0.5, 0.6) is 5.75 Å². The van der Waals surface area contributed by atoms with Crippen LogP contribution < -0.4 is 10.1 Å². The maximum absolute atomic E-state index is 12.9. The maximum Gasteiger partial charge on any atom is 0.271 e. The Kier molecular flexibility index (Phi) is 5.69. The van der Waals surface area contributed by atoms with Crippen molar-refractivity contribution < 1.29 is 18.1 Å². The molecule has 0 spiro atoms. The lowest BCUT2D eigenvalue weighted by molar-refractivity contribution is -0.385. The molecule has 0 bridgehead atoms. The van der Waals surface area contributed by atoms with E-state index >= 15 is 0 Å². The smallest absolute Gasteiger partial charge is 0.271 e. The number of nitro groups is 1. The largest absolute Gasteiger partial charge is 0.495 e. The molecule has 1 aromatic rings. The minimum absolute atomic E-state index is 0. The summed E-state index contributed by atoms with van der Waals surface area (Å²) >= 11 is 0. The molecule has 134 valence electrons. The van der Waals surface area contributed by atoms with E-state index in [1.54, 1.807) is 0 Å². The van der Waals surface area contributed by atoms with Crippen molar-refractivity contribution in [3.05, 3.63) is 28.3 Å². The van der Waals surface area contributed by atoms with E-state index in [9.17, 15) is 18.5 Å². The number of ether oxygens (including phenoxy) is 1. The van der Waals surface area contributed by atoms with Gasteiger partial charge in [-0.3, -0.25) is 10.1 Å².